The Morgan fingerprint density at radius 1 is 1.00 bits per heavy atom. The van der Waals surface area contributed by atoms with Crippen molar-refractivity contribution in [2.45, 2.75) is 24.5 Å². The van der Waals surface area contributed by atoms with Gasteiger partial charge in [-0.3, -0.25) is 4.79 Å². The smallest absolute Gasteiger partial charge is 0.276 e. The van der Waals surface area contributed by atoms with Crippen molar-refractivity contribution in [2.24, 2.45) is 0 Å². The SMILES string of the molecule is O=C(Nc1ccc(-c2cn3c(n2)SCC3)cc1)c1ccc(N2CCCC2)nn1. The van der Waals surface area contributed by atoms with E-state index in [0.717, 1.165) is 53.3 Å². The van der Waals surface area contributed by atoms with Crippen LogP contribution in [0.5, 0.6) is 0 Å². The van der Waals surface area contributed by atoms with Gasteiger partial charge < -0.3 is 14.8 Å². The summed E-state index contributed by atoms with van der Waals surface area (Å²) in [6.45, 7) is 3.02. The molecule has 5 rings (SSSR count). The number of anilines is 2. The number of hydrogen-bond donors (Lipinski definition) is 1. The van der Waals surface area contributed by atoms with Gasteiger partial charge in [0.15, 0.2) is 16.7 Å². The van der Waals surface area contributed by atoms with Crippen molar-refractivity contribution in [1.29, 1.82) is 0 Å². The lowest BCUT2D eigenvalue weighted by Gasteiger charge is -2.15. The summed E-state index contributed by atoms with van der Waals surface area (Å²) in [6.07, 6.45) is 4.45. The molecule has 0 spiro atoms. The molecule has 0 saturated carbocycles. The number of fused-ring (bicyclic) bond motifs is 1. The van der Waals surface area contributed by atoms with Crippen LogP contribution in [0, 0.1) is 0 Å². The topological polar surface area (TPSA) is 75.9 Å². The molecule has 142 valence electrons. The zero-order chi connectivity index (χ0) is 18.9. The van der Waals surface area contributed by atoms with E-state index < -0.39 is 0 Å². The van der Waals surface area contributed by atoms with Crippen LogP contribution in [0.3, 0.4) is 0 Å². The predicted molar refractivity (Wildman–Crippen MR) is 110 cm³/mol. The van der Waals surface area contributed by atoms with Crippen LogP contribution in [0.2, 0.25) is 0 Å². The van der Waals surface area contributed by atoms with Gasteiger partial charge in [0.05, 0.1) is 5.69 Å². The summed E-state index contributed by atoms with van der Waals surface area (Å²) in [4.78, 5) is 19.3. The summed E-state index contributed by atoms with van der Waals surface area (Å²) in [5.41, 5.74) is 3.04. The molecular formula is C20H20N6OS. The van der Waals surface area contributed by atoms with Gasteiger partial charge in [0.2, 0.25) is 0 Å². The maximum Gasteiger partial charge on any atom is 0.276 e. The molecule has 0 bridgehead atoms. The number of thioether (sulfide) groups is 1. The van der Waals surface area contributed by atoms with Crippen molar-refractivity contribution >= 4 is 29.2 Å². The van der Waals surface area contributed by atoms with Gasteiger partial charge in [0.25, 0.3) is 5.91 Å². The second-order valence-corrected chi connectivity index (χ2v) is 8.02. The summed E-state index contributed by atoms with van der Waals surface area (Å²) in [5, 5.41) is 12.3. The van der Waals surface area contributed by atoms with Gasteiger partial charge in [0.1, 0.15) is 0 Å². The number of hydrogen-bond acceptors (Lipinski definition) is 6. The van der Waals surface area contributed by atoms with E-state index in [0.29, 0.717) is 5.69 Å². The summed E-state index contributed by atoms with van der Waals surface area (Å²) in [6, 6.07) is 11.3. The minimum absolute atomic E-state index is 0.259. The number of aryl methyl sites for hydroxylation is 1. The van der Waals surface area contributed by atoms with Crippen molar-refractivity contribution in [3.63, 3.8) is 0 Å². The molecular weight excluding hydrogens is 372 g/mol. The molecule has 2 aromatic heterocycles. The molecule has 0 radical (unpaired) electrons. The highest BCUT2D eigenvalue weighted by Gasteiger charge is 2.17. The summed E-state index contributed by atoms with van der Waals surface area (Å²) < 4.78 is 2.18. The normalized spacial score (nSPS) is 15.6. The minimum Gasteiger partial charge on any atom is -0.355 e. The summed E-state index contributed by atoms with van der Waals surface area (Å²) in [7, 11) is 0. The van der Waals surface area contributed by atoms with E-state index in [1.807, 2.05) is 30.3 Å². The largest absolute Gasteiger partial charge is 0.355 e. The van der Waals surface area contributed by atoms with Gasteiger partial charge in [-0.25, -0.2) is 4.98 Å². The van der Waals surface area contributed by atoms with Crippen LogP contribution in [0.4, 0.5) is 11.5 Å². The first-order valence-corrected chi connectivity index (χ1v) is 10.5. The molecule has 4 heterocycles. The van der Waals surface area contributed by atoms with Gasteiger partial charge in [-0.1, -0.05) is 23.9 Å². The van der Waals surface area contributed by atoms with Crippen molar-refractivity contribution in [1.82, 2.24) is 19.7 Å². The van der Waals surface area contributed by atoms with E-state index in [1.165, 1.54) is 12.8 Å². The molecule has 7 nitrogen and oxygen atoms in total. The molecule has 3 aromatic rings. The molecule has 2 aliphatic heterocycles. The van der Waals surface area contributed by atoms with Crippen molar-refractivity contribution in [2.75, 3.05) is 29.1 Å². The highest BCUT2D eigenvalue weighted by Crippen LogP contribution is 2.29. The number of benzene rings is 1. The zero-order valence-corrected chi connectivity index (χ0v) is 16.2. The molecule has 1 saturated heterocycles. The van der Waals surface area contributed by atoms with E-state index in [-0.39, 0.29) is 5.91 Å². The third kappa shape index (κ3) is 3.35. The van der Waals surface area contributed by atoms with Crippen LogP contribution < -0.4 is 10.2 Å². The lowest BCUT2D eigenvalue weighted by Crippen LogP contribution is -2.21. The Morgan fingerprint density at radius 3 is 2.54 bits per heavy atom. The molecule has 2 aliphatic rings. The fourth-order valence-electron chi connectivity index (χ4n) is 3.53. The lowest BCUT2D eigenvalue weighted by atomic mass is 10.1. The average molecular weight is 392 g/mol. The fraction of sp³-hybridized carbons (Fsp3) is 0.300. The van der Waals surface area contributed by atoms with Crippen LogP contribution >= 0.6 is 11.8 Å². The average Bonchev–Trinajstić information content (AvgIpc) is 3.46. The van der Waals surface area contributed by atoms with E-state index in [4.69, 9.17) is 0 Å². The van der Waals surface area contributed by atoms with Gasteiger partial charge in [-0.15, -0.1) is 10.2 Å². The molecule has 28 heavy (non-hydrogen) atoms. The Hall–Kier alpha value is -2.87. The van der Waals surface area contributed by atoms with Gasteiger partial charge in [-0.2, -0.15) is 0 Å². The number of nitrogens with zero attached hydrogens (tertiary/aromatic N) is 5. The second-order valence-electron chi connectivity index (χ2n) is 6.95. The minimum atomic E-state index is -0.259. The van der Waals surface area contributed by atoms with Crippen LogP contribution in [-0.2, 0) is 6.54 Å². The summed E-state index contributed by atoms with van der Waals surface area (Å²) >= 11 is 1.78. The van der Waals surface area contributed by atoms with Crippen molar-refractivity contribution in [3.05, 3.63) is 48.3 Å². The maximum absolute atomic E-state index is 12.5. The molecule has 1 N–H and O–H groups in total. The predicted octanol–water partition coefficient (Wildman–Crippen LogP) is 3.30. The Balaban J connectivity index is 1.25. The Labute approximate surface area is 167 Å². The van der Waals surface area contributed by atoms with Gasteiger partial charge in [-0.05, 0) is 37.1 Å². The number of aromatic nitrogens is 4. The van der Waals surface area contributed by atoms with Crippen LogP contribution in [0.1, 0.15) is 23.3 Å². The molecule has 1 aromatic carbocycles. The molecule has 1 amide bonds. The van der Waals surface area contributed by atoms with Gasteiger partial charge in [0, 0.05) is 42.8 Å². The number of imidazole rings is 1. The summed E-state index contributed by atoms with van der Waals surface area (Å²) in [5.74, 6) is 1.67. The van der Waals surface area contributed by atoms with Crippen molar-refractivity contribution in [3.8, 4) is 11.3 Å². The number of carbonyl (C=O) groups is 1. The molecule has 0 unspecified atom stereocenters. The first-order chi connectivity index (χ1) is 13.8. The van der Waals surface area contributed by atoms with E-state index >= 15 is 0 Å². The standard InChI is InChI=1S/C20H20N6OS/c27-19(16-7-8-18(24-23-16)25-9-1-2-10-25)21-15-5-3-14(4-6-15)17-13-26-11-12-28-20(26)22-17/h3-8,13H,1-2,9-12H2,(H,21,27). The molecule has 0 aliphatic carbocycles. The van der Waals surface area contributed by atoms with Gasteiger partial charge >= 0.3 is 0 Å². The number of rotatable bonds is 4. The number of carbonyl (C=O) groups excluding carboxylic acids is 1. The van der Waals surface area contributed by atoms with Crippen molar-refractivity contribution < 1.29 is 4.79 Å². The highest BCUT2D eigenvalue weighted by atomic mass is 32.2. The lowest BCUT2D eigenvalue weighted by molar-refractivity contribution is 0.102. The Morgan fingerprint density at radius 2 is 1.82 bits per heavy atom. The molecule has 8 heteroatoms. The first-order valence-electron chi connectivity index (χ1n) is 9.47. The van der Waals surface area contributed by atoms with Crippen LogP contribution in [0.25, 0.3) is 11.3 Å². The second kappa shape index (κ2) is 7.27. The third-order valence-corrected chi connectivity index (χ3v) is 6.03. The van der Waals surface area contributed by atoms with E-state index in [9.17, 15) is 4.79 Å². The third-order valence-electron chi connectivity index (χ3n) is 5.05. The number of amides is 1. The van der Waals surface area contributed by atoms with E-state index in [1.54, 1.807) is 17.8 Å². The highest BCUT2D eigenvalue weighted by molar-refractivity contribution is 7.99. The Kier molecular flexibility index (Phi) is 4.48. The number of nitrogens with one attached hydrogen (secondary N) is 1. The molecule has 1 fully saturated rings. The monoisotopic (exact) mass is 392 g/mol. The first kappa shape index (κ1) is 17.2. The fourth-order valence-corrected chi connectivity index (χ4v) is 4.47. The van der Waals surface area contributed by atoms with Crippen LogP contribution in [0.15, 0.2) is 47.8 Å². The quantitative estimate of drug-likeness (QED) is 0.734. The maximum atomic E-state index is 12.5. The zero-order valence-electron chi connectivity index (χ0n) is 15.3. The van der Waals surface area contributed by atoms with Crippen LogP contribution in [-0.4, -0.2) is 44.5 Å². The molecule has 0 atom stereocenters. The van der Waals surface area contributed by atoms with E-state index in [2.05, 4.69) is 36.2 Å². The Bertz CT molecular complexity index is 971.